The predicted octanol–water partition coefficient (Wildman–Crippen LogP) is -0.209. The van der Waals surface area contributed by atoms with Gasteiger partial charge in [-0.2, -0.15) is 0 Å². The number of ether oxygens (including phenoxy) is 1. The van der Waals surface area contributed by atoms with Crippen molar-refractivity contribution in [3.8, 4) is 0 Å². The second-order valence-corrected chi connectivity index (χ2v) is 4.54. The van der Waals surface area contributed by atoms with Crippen molar-refractivity contribution in [1.82, 2.24) is 10.6 Å². The van der Waals surface area contributed by atoms with Gasteiger partial charge in [-0.05, 0) is 6.42 Å². The number of nitrogens with one attached hydrogen (secondary N) is 2. The summed E-state index contributed by atoms with van der Waals surface area (Å²) in [6, 6.07) is 0.243. The van der Waals surface area contributed by atoms with E-state index >= 15 is 0 Å². The van der Waals surface area contributed by atoms with Gasteiger partial charge in [-0.15, -0.1) is 0 Å². The second-order valence-electron chi connectivity index (χ2n) is 3.44. The lowest BCUT2D eigenvalue weighted by molar-refractivity contribution is -0.139. The Morgan fingerprint density at radius 3 is 3.07 bits per heavy atom. The molecule has 0 radical (unpaired) electrons. The zero-order valence-corrected chi connectivity index (χ0v) is 10.2. The zero-order valence-electron chi connectivity index (χ0n) is 8.59. The maximum Gasteiger partial charge on any atom is 0.320 e. The Morgan fingerprint density at radius 1 is 1.80 bits per heavy atom. The highest BCUT2D eigenvalue weighted by molar-refractivity contribution is 9.10. The fourth-order valence-corrected chi connectivity index (χ4v) is 1.76. The van der Waals surface area contributed by atoms with E-state index in [2.05, 4.69) is 31.3 Å². The summed E-state index contributed by atoms with van der Waals surface area (Å²) >= 11 is 3.22. The Bertz CT molecular complexity index is 238. The van der Waals surface area contributed by atoms with E-state index in [0.717, 1.165) is 6.42 Å². The molecule has 86 valence electrons. The zero-order chi connectivity index (χ0) is 11.3. The van der Waals surface area contributed by atoms with Gasteiger partial charge in [-0.1, -0.05) is 15.9 Å². The van der Waals surface area contributed by atoms with Crippen LogP contribution in [-0.2, 0) is 14.3 Å². The number of carbonyl (C=O) groups excluding carboxylic acids is 2. The van der Waals surface area contributed by atoms with Gasteiger partial charge in [-0.25, -0.2) is 0 Å². The molecular weight excluding hydrogens is 264 g/mol. The van der Waals surface area contributed by atoms with Crippen molar-refractivity contribution >= 4 is 27.8 Å². The van der Waals surface area contributed by atoms with Crippen molar-refractivity contribution in [2.24, 2.45) is 0 Å². The van der Waals surface area contributed by atoms with Gasteiger partial charge in [0.15, 0.2) is 0 Å². The van der Waals surface area contributed by atoms with E-state index in [4.69, 9.17) is 0 Å². The highest BCUT2D eigenvalue weighted by Crippen LogP contribution is 2.05. The van der Waals surface area contributed by atoms with Crippen molar-refractivity contribution in [3.63, 3.8) is 0 Å². The van der Waals surface area contributed by atoms with Crippen molar-refractivity contribution in [2.75, 3.05) is 20.2 Å². The molecule has 6 heteroatoms. The molecule has 1 aliphatic heterocycles. The van der Waals surface area contributed by atoms with E-state index in [0.29, 0.717) is 19.5 Å². The standard InChI is InChI=1S/C9H15BrN2O3/c1-15-9(14)7(10)5-11-6-2-3-8(13)12-4-6/h6-7,11H,2-5H2,1H3,(H,12,13). The molecule has 0 bridgehead atoms. The first kappa shape index (κ1) is 12.4. The summed E-state index contributed by atoms with van der Waals surface area (Å²) in [5, 5.41) is 5.96. The van der Waals surface area contributed by atoms with Crippen molar-refractivity contribution < 1.29 is 14.3 Å². The molecule has 2 N–H and O–H groups in total. The van der Waals surface area contributed by atoms with Crippen LogP contribution in [0.1, 0.15) is 12.8 Å². The molecule has 1 fully saturated rings. The molecule has 5 nitrogen and oxygen atoms in total. The second kappa shape index (κ2) is 6.07. The smallest absolute Gasteiger partial charge is 0.320 e. The molecule has 2 atom stereocenters. The van der Waals surface area contributed by atoms with Gasteiger partial charge in [0.2, 0.25) is 5.91 Å². The first-order valence-corrected chi connectivity index (χ1v) is 5.77. The molecule has 0 aliphatic carbocycles. The Balaban J connectivity index is 2.19. The third-order valence-corrected chi connectivity index (χ3v) is 3.01. The molecular formula is C9H15BrN2O3. The third-order valence-electron chi connectivity index (χ3n) is 2.31. The molecule has 1 amide bonds. The Kier molecular flexibility index (Phi) is 5.04. The fraction of sp³-hybridized carbons (Fsp3) is 0.778. The van der Waals surface area contributed by atoms with Gasteiger partial charge in [-0.3, -0.25) is 9.59 Å². The molecule has 15 heavy (non-hydrogen) atoms. The van der Waals surface area contributed by atoms with Gasteiger partial charge in [0.25, 0.3) is 0 Å². The normalized spacial score (nSPS) is 23.1. The van der Waals surface area contributed by atoms with Crippen molar-refractivity contribution in [2.45, 2.75) is 23.7 Å². The van der Waals surface area contributed by atoms with E-state index < -0.39 is 0 Å². The van der Waals surface area contributed by atoms with Crippen LogP contribution in [-0.4, -0.2) is 42.9 Å². The van der Waals surface area contributed by atoms with Crippen LogP contribution in [0.5, 0.6) is 0 Å². The highest BCUT2D eigenvalue weighted by atomic mass is 79.9. The SMILES string of the molecule is COC(=O)C(Br)CNC1CCC(=O)NC1. The number of rotatable bonds is 4. The lowest BCUT2D eigenvalue weighted by atomic mass is 10.1. The molecule has 0 aromatic heterocycles. The van der Waals surface area contributed by atoms with Gasteiger partial charge in [0, 0.05) is 25.6 Å². The monoisotopic (exact) mass is 278 g/mol. The van der Waals surface area contributed by atoms with Gasteiger partial charge in [0.1, 0.15) is 4.83 Å². The number of methoxy groups -OCH3 is 1. The largest absolute Gasteiger partial charge is 0.468 e. The molecule has 0 aromatic carbocycles. The summed E-state index contributed by atoms with van der Waals surface area (Å²) in [5.74, 6) is -0.196. The molecule has 1 rings (SSSR count). The first-order chi connectivity index (χ1) is 7.13. The van der Waals surface area contributed by atoms with Crippen LogP contribution in [0.15, 0.2) is 0 Å². The number of hydrogen-bond acceptors (Lipinski definition) is 4. The number of piperidine rings is 1. The number of amides is 1. The van der Waals surface area contributed by atoms with Gasteiger partial charge in [0.05, 0.1) is 7.11 Å². The molecule has 2 unspecified atom stereocenters. The summed E-state index contributed by atoms with van der Waals surface area (Å²) in [6.45, 7) is 1.13. The van der Waals surface area contributed by atoms with Crippen LogP contribution in [0, 0.1) is 0 Å². The number of hydrogen-bond donors (Lipinski definition) is 2. The van der Waals surface area contributed by atoms with E-state index in [-0.39, 0.29) is 22.7 Å². The van der Waals surface area contributed by atoms with Crippen LogP contribution in [0.25, 0.3) is 0 Å². The number of halogens is 1. The minimum absolute atomic E-state index is 0.0939. The molecule has 0 spiro atoms. The van der Waals surface area contributed by atoms with Crippen LogP contribution < -0.4 is 10.6 Å². The molecule has 1 saturated heterocycles. The number of esters is 1. The van der Waals surface area contributed by atoms with E-state index in [1.807, 2.05) is 0 Å². The molecule has 1 heterocycles. The van der Waals surface area contributed by atoms with E-state index in [9.17, 15) is 9.59 Å². The molecule has 0 saturated carbocycles. The van der Waals surface area contributed by atoms with E-state index in [1.54, 1.807) is 0 Å². The highest BCUT2D eigenvalue weighted by Gasteiger charge is 2.20. The number of alkyl halides is 1. The van der Waals surface area contributed by atoms with Crippen LogP contribution in [0.3, 0.4) is 0 Å². The average Bonchev–Trinajstić information content (AvgIpc) is 2.26. The Morgan fingerprint density at radius 2 is 2.53 bits per heavy atom. The summed E-state index contributed by atoms with van der Waals surface area (Å²) in [6.07, 6.45) is 1.36. The summed E-state index contributed by atoms with van der Waals surface area (Å²) in [5.41, 5.74) is 0. The quantitative estimate of drug-likeness (QED) is 0.552. The Labute approximate surface area is 97.1 Å². The number of carbonyl (C=O) groups is 2. The predicted molar refractivity (Wildman–Crippen MR) is 58.8 cm³/mol. The van der Waals surface area contributed by atoms with Crippen LogP contribution >= 0.6 is 15.9 Å². The lowest BCUT2D eigenvalue weighted by Crippen LogP contribution is -2.47. The van der Waals surface area contributed by atoms with Gasteiger partial charge < -0.3 is 15.4 Å². The summed E-state index contributed by atoms with van der Waals surface area (Å²) in [4.78, 5) is 21.6. The fourth-order valence-electron chi connectivity index (χ4n) is 1.39. The Hall–Kier alpha value is -0.620. The van der Waals surface area contributed by atoms with Crippen molar-refractivity contribution in [1.29, 1.82) is 0 Å². The summed E-state index contributed by atoms with van der Waals surface area (Å²) < 4.78 is 4.57. The maximum atomic E-state index is 11.1. The molecule has 1 aliphatic rings. The summed E-state index contributed by atoms with van der Waals surface area (Å²) in [7, 11) is 1.36. The van der Waals surface area contributed by atoms with Crippen molar-refractivity contribution in [3.05, 3.63) is 0 Å². The first-order valence-electron chi connectivity index (χ1n) is 4.85. The third kappa shape index (κ3) is 4.17. The van der Waals surface area contributed by atoms with Gasteiger partial charge >= 0.3 is 5.97 Å². The lowest BCUT2D eigenvalue weighted by Gasteiger charge is -2.24. The molecule has 0 aromatic rings. The van der Waals surface area contributed by atoms with Crippen LogP contribution in [0.4, 0.5) is 0 Å². The minimum atomic E-state index is -0.333. The van der Waals surface area contributed by atoms with E-state index in [1.165, 1.54) is 7.11 Å². The maximum absolute atomic E-state index is 11.1. The average molecular weight is 279 g/mol. The minimum Gasteiger partial charge on any atom is -0.468 e. The van der Waals surface area contributed by atoms with Crippen LogP contribution in [0.2, 0.25) is 0 Å². The topological polar surface area (TPSA) is 67.4 Å².